The molecule has 0 radical (unpaired) electrons. The first kappa shape index (κ1) is 40.0. The zero-order valence-corrected chi connectivity index (χ0v) is 38.4. The SMILES string of the molecule is Cc1ccccc1-c1cc2c3c(c1)N1c4ccccc4C(C)(C)c4cccc(c41)B3N(c1ccccc1)c1cc(N(c3cccc(-c4ccccc4)c3)c3cccc(-c4ccccc4)c3)ccc1-2. The second-order valence-electron chi connectivity index (χ2n) is 19.0. The van der Waals surface area contributed by atoms with E-state index in [9.17, 15) is 0 Å². The Balaban J connectivity index is 1.10. The van der Waals surface area contributed by atoms with Gasteiger partial charge >= 0.3 is 6.85 Å². The minimum atomic E-state index is -0.215. The summed E-state index contributed by atoms with van der Waals surface area (Å²) < 4.78 is 0. The first-order valence-electron chi connectivity index (χ1n) is 23.8. The van der Waals surface area contributed by atoms with E-state index in [1.807, 2.05) is 0 Å². The molecule has 322 valence electrons. The van der Waals surface area contributed by atoms with Crippen LogP contribution in [0.1, 0.15) is 30.5 Å². The summed E-state index contributed by atoms with van der Waals surface area (Å²) in [5, 5.41) is 0. The van der Waals surface area contributed by atoms with E-state index in [-0.39, 0.29) is 12.3 Å². The molecule has 0 unspecified atom stereocenters. The van der Waals surface area contributed by atoms with E-state index in [4.69, 9.17) is 0 Å². The van der Waals surface area contributed by atoms with E-state index in [0.29, 0.717) is 0 Å². The Labute approximate surface area is 400 Å². The lowest BCUT2D eigenvalue weighted by atomic mass is 9.42. The average molecular weight is 870 g/mol. The van der Waals surface area contributed by atoms with Gasteiger partial charge in [0.25, 0.3) is 0 Å². The third kappa shape index (κ3) is 6.21. The van der Waals surface area contributed by atoms with Crippen LogP contribution in [-0.2, 0) is 5.41 Å². The molecule has 0 aromatic heterocycles. The van der Waals surface area contributed by atoms with Gasteiger partial charge in [0.2, 0.25) is 0 Å². The molecule has 0 saturated carbocycles. The van der Waals surface area contributed by atoms with Crippen molar-refractivity contribution in [3.05, 3.63) is 253 Å². The summed E-state index contributed by atoms with van der Waals surface area (Å²) >= 11 is 0. The van der Waals surface area contributed by atoms with Crippen LogP contribution < -0.4 is 25.5 Å². The van der Waals surface area contributed by atoms with E-state index >= 15 is 0 Å². The summed E-state index contributed by atoms with van der Waals surface area (Å²) in [7, 11) is 0. The number of para-hydroxylation sites is 3. The molecule has 3 aliphatic heterocycles. The zero-order chi connectivity index (χ0) is 45.5. The Hall–Kier alpha value is -8.34. The monoisotopic (exact) mass is 869 g/mol. The number of aryl methyl sites for hydroxylation is 1. The van der Waals surface area contributed by atoms with E-state index in [1.54, 1.807) is 0 Å². The molecule has 0 amide bonds. The highest BCUT2D eigenvalue weighted by Crippen LogP contribution is 2.56. The van der Waals surface area contributed by atoms with Crippen molar-refractivity contribution in [3.63, 3.8) is 0 Å². The van der Waals surface area contributed by atoms with Gasteiger partial charge in [0.05, 0.1) is 5.69 Å². The smallest absolute Gasteiger partial charge is 0.333 e. The Bertz CT molecular complexity index is 3500. The number of hydrogen-bond donors (Lipinski definition) is 0. The highest BCUT2D eigenvalue weighted by atomic mass is 15.2. The maximum absolute atomic E-state index is 2.64. The molecule has 0 N–H and O–H groups in total. The first-order valence-corrected chi connectivity index (χ1v) is 23.8. The van der Waals surface area contributed by atoms with Gasteiger partial charge in [-0.2, -0.15) is 0 Å². The number of hydrogen-bond acceptors (Lipinski definition) is 3. The Morgan fingerprint density at radius 1 is 0.397 bits per heavy atom. The molecule has 3 nitrogen and oxygen atoms in total. The molecule has 0 spiro atoms. The van der Waals surface area contributed by atoms with Crippen molar-refractivity contribution in [2.45, 2.75) is 26.2 Å². The quantitative estimate of drug-likeness (QED) is 0.148. The van der Waals surface area contributed by atoms with Crippen LogP contribution in [0.4, 0.5) is 45.5 Å². The predicted molar refractivity (Wildman–Crippen MR) is 288 cm³/mol. The van der Waals surface area contributed by atoms with Crippen LogP contribution in [0.15, 0.2) is 237 Å². The van der Waals surface area contributed by atoms with Gasteiger partial charge in [0.1, 0.15) is 0 Å². The maximum atomic E-state index is 2.64. The van der Waals surface area contributed by atoms with Gasteiger partial charge in [-0.15, -0.1) is 0 Å². The largest absolute Gasteiger partial charge is 0.376 e. The second-order valence-corrected chi connectivity index (χ2v) is 19.0. The third-order valence-corrected chi connectivity index (χ3v) is 14.7. The molecule has 3 aliphatic rings. The first-order chi connectivity index (χ1) is 33.4. The van der Waals surface area contributed by atoms with Crippen molar-refractivity contribution in [1.82, 2.24) is 0 Å². The fraction of sp³-hybridized carbons (Fsp3) is 0.0625. The summed E-state index contributed by atoms with van der Waals surface area (Å²) in [5.41, 5.74) is 25.4. The average Bonchev–Trinajstić information content (AvgIpc) is 3.39. The molecule has 10 aromatic rings. The van der Waals surface area contributed by atoms with Gasteiger partial charge in [0, 0.05) is 50.8 Å². The van der Waals surface area contributed by atoms with Gasteiger partial charge in [-0.05, 0) is 140 Å². The van der Waals surface area contributed by atoms with Crippen LogP contribution in [-0.4, -0.2) is 6.85 Å². The number of anilines is 8. The second kappa shape index (κ2) is 15.6. The van der Waals surface area contributed by atoms with E-state index in [0.717, 1.165) is 22.7 Å². The number of benzene rings is 10. The van der Waals surface area contributed by atoms with Crippen molar-refractivity contribution < 1.29 is 0 Å². The van der Waals surface area contributed by atoms with Gasteiger partial charge in [-0.1, -0.05) is 184 Å². The van der Waals surface area contributed by atoms with Crippen LogP contribution in [0.3, 0.4) is 0 Å². The fourth-order valence-corrected chi connectivity index (χ4v) is 11.5. The standard InChI is InChI=1S/C64H48BN3/c1-43-20-13-14-31-53(43)48-40-55-54-37-36-52(66(50-29-17-25-46(38-50)44-21-7-4-8-22-44)51-30-18-26-47(39-51)45-23-9-5-10-24-45)42-60(54)68(49-27-11-6-12-28-49)65-58-34-19-33-57-63(58)67(61(41-48)62(55)65)59-35-16-15-32-56(59)64(57,2)3/h4-42H,1-3H3. The summed E-state index contributed by atoms with van der Waals surface area (Å²) in [4.78, 5) is 7.68. The van der Waals surface area contributed by atoms with Crippen LogP contribution >= 0.6 is 0 Å². The lowest BCUT2D eigenvalue weighted by molar-refractivity contribution is 0.632. The van der Waals surface area contributed by atoms with E-state index in [1.165, 1.54) is 94.9 Å². The van der Waals surface area contributed by atoms with Crippen molar-refractivity contribution in [2.24, 2.45) is 0 Å². The molecule has 68 heavy (non-hydrogen) atoms. The minimum absolute atomic E-state index is 0.111. The Kier molecular flexibility index (Phi) is 9.20. The molecule has 0 saturated heterocycles. The zero-order valence-electron chi connectivity index (χ0n) is 38.4. The minimum Gasteiger partial charge on any atom is -0.376 e. The lowest BCUT2D eigenvalue weighted by Gasteiger charge is -2.50. The van der Waals surface area contributed by atoms with Crippen molar-refractivity contribution in [1.29, 1.82) is 0 Å². The summed E-state index contributed by atoms with van der Waals surface area (Å²) in [6, 6.07) is 87.6. The molecule has 13 rings (SSSR count). The molecule has 10 aromatic carbocycles. The van der Waals surface area contributed by atoms with Crippen LogP contribution in [0.25, 0.3) is 44.5 Å². The van der Waals surface area contributed by atoms with E-state index < -0.39 is 0 Å². The predicted octanol–water partition coefficient (Wildman–Crippen LogP) is 15.8. The topological polar surface area (TPSA) is 9.72 Å². The number of rotatable bonds is 7. The van der Waals surface area contributed by atoms with Crippen LogP contribution in [0.2, 0.25) is 0 Å². The highest BCUT2D eigenvalue weighted by molar-refractivity contribution is 6.93. The highest BCUT2D eigenvalue weighted by Gasteiger charge is 2.49. The molecule has 0 fully saturated rings. The number of fused-ring (bicyclic) bond motifs is 6. The van der Waals surface area contributed by atoms with Gasteiger partial charge < -0.3 is 14.6 Å². The molecule has 0 bridgehead atoms. The maximum Gasteiger partial charge on any atom is 0.333 e. The molecule has 0 aliphatic carbocycles. The fourth-order valence-electron chi connectivity index (χ4n) is 11.5. The van der Waals surface area contributed by atoms with Gasteiger partial charge in [0.15, 0.2) is 0 Å². The summed E-state index contributed by atoms with van der Waals surface area (Å²) in [5.74, 6) is 0. The van der Waals surface area contributed by atoms with E-state index in [2.05, 4.69) is 272 Å². The van der Waals surface area contributed by atoms with Crippen molar-refractivity contribution >= 4 is 63.3 Å². The molecular weight excluding hydrogens is 822 g/mol. The molecule has 3 heterocycles. The van der Waals surface area contributed by atoms with Gasteiger partial charge in [-0.3, -0.25) is 0 Å². The molecule has 4 heteroatoms. The normalized spacial score (nSPS) is 13.5. The van der Waals surface area contributed by atoms with Crippen molar-refractivity contribution in [3.8, 4) is 44.5 Å². The van der Waals surface area contributed by atoms with Crippen LogP contribution in [0, 0.1) is 6.92 Å². The Morgan fingerprint density at radius 3 is 1.66 bits per heavy atom. The van der Waals surface area contributed by atoms with Crippen LogP contribution in [0.5, 0.6) is 0 Å². The summed E-state index contributed by atoms with van der Waals surface area (Å²) in [6.07, 6.45) is 0. The van der Waals surface area contributed by atoms with Gasteiger partial charge in [-0.25, -0.2) is 0 Å². The van der Waals surface area contributed by atoms with Crippen molar-refractivity contribution in [2.75, 3.05) is 14.6 Å². The summed E-state index contributed by atoms with van der Waals surface area (Å²) in [6.45, 7) is 6.92. The number of nitrogens with zero attached hydrogens (tertiary/aromatic N) is 3. The lowest BCUT2D eigenvalue weighted by Crippen LogP contribution is -2.62. The Morgan fingerprint density at radius 2 is 0.971 bits per heavy atom. The molecule has 0 atom stereocenters. The third-order valence-electron chi connectivity index (χ3n) is 14.7. The molecular formula is C64H48BN3.